The van der Waals surface area contributed by atoms with E-state index in [0.717, 1.165) is 21.7 Å². The smallest absolute Gasteiger partial charge is 0.408 e. The number of likely N-dealkylation sites (tertiary alicyclic amines) is 1. The number of nitrogens with one attached hydrogen (secondary N) is 2. The summed E-state index contributed by atoms with van der Waals surface area (Å²) < 4.78 is 11.2. The van der Waals surface area contributed by atoms with Crippen LogP contribution in [0, 0.1) is 5.41 Å². The summed E-state index contributed by atoms with van der Waals surface area (Å²) in [6.45, 7) is 11.2. The van der Waals surface area contributed by atoms with E-state index in [4.69, 9.17) is 9.47 Å². The van der Waals surface area contributed by atoms with Gasteiger partial charge < -0.3 is 30.1 Å². The number of aliphatic hydroxyl groups is 1. The first-order valence-electron chi connectivity index (χ1n) is 12.7. The van der Waals surface area contributed by atoms with E-state index in [9.17, 15) is 19.5 Å². The van der Waals surface area contributed by atoms with Crippen molar-refractivity contribution in [1.29, 1.82) is 0 Å². The highest BCUT2D eigenvalue weighted by atomic mass is 32.1. The van der Waals surface area contributed by atoms with Crippen LogP contribution in [-0.4, -0.2) is 63.4 Å². The summed E-state index contributed by atoms with van der Waals surface area (Å²) in [7, 11) is 0. The second-order valence-corrected chi connectivity index (χ2v) is 12.7. The molecule has 3 heterocycles. The minimum absolute atomic E-state index is 0.0518. The van der Waals surface area contributed by atoms with Crippen molar-refractivity contribution >= 4 is 29.2 Å². The number of alkyl carbamates (subject to hydrolysis) is 1. The molecule has 2 aliphatic rings. The van der Waals surface area contributed by atoms with Gasteiger partial charge in [0.1, 0.15) is 30.2 Å². The Morgan fingerprint density at radius 3 is 2.66 bits per heavy atom. The van der Waals surface area contributed by atoms with Crippen molar-refractivity contribution in [1.82, 2.24) is 20.5 Å². The fourth-order valence-electron chi connectivity index (χ4n) is 4.58. The number of carbonyl (C=O) groups excluding carboxylic acids is 3. The number of aromatic nitrogens is 1. The van der Waals surface area contributed by atoms with Crippen LogP contribution < -0.4 is 15.4 Å². The van der Waals surface area contributed by atoms with Crippen LogP contribution in [0.3, 0.4) is 0 Å². The van der Waals surface area contributed by atoms with E-state index in [-0.39, 0.29) is 25.3 Å². The molecule has 2 aromatic rings. The quantitative estimate of drug-likeness (QED) is 0.527. The summed E-state index contributed by atoms with van der Waals surface area (Å²) >= 11 is 1.56. The normalized spacial score (nSPS) is 19.6. The number of ether oxygens (including phenoxy) is 2. The first-order valence-corrected chi connectivity index (χ1v) is 13.5. The molecule has 1 saturated heterocycles. The Hall–Kier alpha value is -3.18. The first kappa shape index (κ1) is 27.8. The summed E-state index contributed by atoms with van der Waals surface area (Å²) in [6.07, 6.45) is -1.92. The molecule has 4 rings (SSSR count). The van der Waals surface area contributed by atoms with Crippen molar-refractivity contribution in [3.63, 3.8) is 0 Å². The van der Waals surface area contributed by atoms with Crippen molar-refractivity contribution in [2.24, 2.45) is 5.41 Å². The molecule has 10 nitrogen and oxygen atoms in total. The van der Waals surface area contributed by atoms with Crippen molar-refractivity contribution in [3.8, 4) is 16.2 Å². The lowest BCUT2D eigenvalue weighted by Gasteiger charge is -2.36. The maximum Gasteiger partial charge on any atom is 0.408 e. The van der Waals surface area contributed by atoms with Crippen LogP contribution in [0.4, 0.5) is 4.79 Å². The molecule has 0 spiro atoms. The zero-order valence-electron chi connectivity index (χ0n) is 22.7. The standard InChI is InChI=1S/C27H36N4O6S/c1-26(2,3)23(30-25(35)37-27(4,5)6)24(34)31-12-16(32)11-20(31)29-21(33)10-15-7-8-17-19(9-15)36-13-18-22(17)38-14-28-18/h7-9,14,16,20,23,32H,10-13H2,1-6H3,(H,29,33)(H,30,35)/t16-,20+,23-/m1/s1. The lowest BCUT2D eigenvalue weighted by atomic mass is 9.86. The molecule has 1 fully saturated rings. The number of thiazole rings is 1. The third kappa shape index (κ3) is 6.44. The third-order valence-corrected chi connectivity index (χ3v) is 7.23. The zero-order valence-corrected chi connectivity index (χ0v) is 23.5. The Morgan fingerprint density at radius 2 is 1.97 bits per heavy atom. The molecule has 0 bridgehead atoms. The Kier molecular flexibility index (Phi) is 7.72. The van der Waals surface area contributed by atoms with Gasteiger partial charge in [-0.15, -0.1) is 11.3 Å². The number of rotatable bonds is 5. The summed E-state index contributed by atoms with van der Waals surface area (Å²) in [5, 5.41) is 15.9. The maximum atomic E-state index is 13.6. The van der Waals surface area contributed by atoms with Crippen LogP contribution in [0.2, 0.25) is 0 Å². The van der Waals surface area contributed by atoms with E-state index in [1.165, 1.54) is 4.90 Å². The molecule has 11 heteroatoms. The Morgan fingerprint density at radius 1 is 1.24 bits per heavy atom. The second-order valence-electron chi connectivity index (χ2n) is 11.8. The predicted octanol–water partition coefficient (Wildman–Crippen LogP) is 3.22. The van der Waals surface area contributed by atoms with Crippen LogP contribution in [-0.2, 0) is 27.4 Å². The van der Waals surface area contributed by atoms with E-state index in [0.29, 0.717) is 12.4 Å². The molecule has 3 amide bonds. The van der Waals surface area contributed by atoms with Crippen molar-refractivity contribution in [2.75, 3.05) is 6.54 Å². The summed E-state index contributed by atoms with van der Waals surface area (Å²) in [6, 6.07) is 4.74. The van der Waals surface area contributed by atoms with Crippen molar-refractivity contribution in [3.05, 3.63) is 35.0 Å². The van der Waals surface area contributed by atoms with Gasteiger partial charge in [0.2, 0.25) is 11.8 Å². The molecule has 38 heavy (non-hydrogen) atoms. The monoisotopic (exact) mass is 544 g/mol. The lowest BCUT2D eigenvalue weighted by molar-refractivity contribution is -0.138. The van der Waals surface area contributed by atoms with Gasteiger partial charge >= 0.3 is 6.09 Å². The second kappa shape index (κ2) is 10.5. The number of benzene rings is 1. The third-order valence-electron chi connectivity index (χ3n) is 6.32. The first-order chi connectivity index (χ1) is 17.7. The van der Waals surface area contributed by atoms with Crippen LogP contribution in [0.1, 0.15) is 59.2 Å². The highest BCUT2D eigenvalue weighted by Gasteiger charge is 2.43. The van der Waals surface area contributed by atoms with Gasteiger partial charge in [-0.05, 0) is 43.9 Å². The van der Waals surface area contributed by atoms with Crippen LogP contribution in [0.25, 0.3) is 10.4 Å². The van der Waals surface area contributed by atoms with Gasteiger partial charge in [0.15, 0.2) is 0 Å². The van der Waals surface area contributed by atoms with Gasteiger partial charge in [-0.25, -0.2) is 9.78 Å². The average molecular weight is 545 g/mol. The van der Waals surface area contributed by atoms with E-state index >= 15 is 0 Å². The van der Waals surface area contributed by atoms with Crippen LogP contribution in [0.15, 0.2) is 23.7 Å². The molecule has 1 aromatic heterocycles. The fraction of sp³-hybridized carbons (Fsp3) is 0.556. The number of nitrogens with zero attached hydrogens (tertiary/aromatic N) is 2. The van der Waals surface area contributed by atoms with Gasteiger partial charge in [-0.1, -0.05) is 26.8 Å². The van der Waals surface area contributed by atoms with E-state index in [2.05, 4.69) is 15.6 Å². The molecule has 0 unspecified atom stereocenters. The topological polar surface area (TPSA) is 130 Å². The number of amides is 3. The molecular formula is C27H36N4O6S. The highest BCUT2D eigenvalue weighted by molar-refractivity contribution is 7.13. The molecule has 206 valence electrons. The SMILES string of the molecule is CC(C)(C)OC(=O)N[C@H](C(=O)N1C[C@H](O)C[C@H]1NC(=O)Cc1ccc2c(c1)OCc1ncsc1-2)C(C)(C)C. The highest BCUT2D eigenvalue weighted by Crippen LogP contribution is 2.40. The lowest BCUT2D eigenvalue weighted by Crippen LogP contribution is -2.58. The predicted molar refractivity (Wildman–Crippen MR) is 142 cm³/mol. The number of fused-ring (bicyclic) bond motifs is 3. The summed E-state index contributed by atoms with van der Waals surface area (Å²) in [4.78, 5) is 45.9. The van der Waals surface area contributed by atoms with Gasteiger partial charge in [0, 0.05) is 18.5 Å². The van der Waals surface area contributed by atoms with Gasteiger partial charge in [0.05, 0.1) is 28.6 Å². The Labute approximate surface area is 226 Å². The van der Waals surface area contributed by atoms with Crippen molar-refractivity contribution in [2.45, 2.75) is 84.9 Å². The van der Waals surface area contributed by atoms with E-state index in [1.54, 1.807) is 37.6 Å². The van der Waals surface area contributed by atoms with Gasteiger partial charge in [-0.2, -0.15) is 0 Å². The molecule has 2 aliphatic heterocycles. The maximum absolute atomic E-state index is 13.6. The largest absolute Gasteiger partial charge is 0.487 e. The van der Waals surface area contributed by atoms with Crippen LogP contribution >= 0.6 is 11.3 Å². The molecule has 3 atom stereocenters. The van der Waals surface area contributed by atoms with E-state index in [1.807, 2.05) is 39.0 Å². The van der Waals surface area contributed by atoms with Gasteiger partial charge in [0.25, 0.3) is 0 Å². The molecule has 0 saturated carbocycles. The fourth-order valence-corrected chi connectivity index (χ4v) is 5.41. The van der Waals surface area contributed by atoms with Crippen LogP contribution in [0.5, 0.6) is 5.75 Å². The molecule has 1 aromatic carbocycles. The number of aliphatic hydroxyl groups excluding tert-OH is 1. The van der Waals surface area contributed by atoms with E-state index < -0.39 is 41.3 Å². The summed E-state index contributed by atoms with van der Waals surface area (Å²) in [5.41, 5.74) is 3.06. The number of carbonyl (C=O) groups is 3. The zero-order chi connectivity index (χ0) is 27.8. The Bertz CT molecular complexity index is 1210. The molecule has 0 aliphatic carbocycles. The minimum atomic E-state index is -0.920. The molecular weight excluding hydrogens is 508 g/mol. The molecule has 3 N–H and O–H groups in total. The number of hydrogen-bond acceptors (Lipinski definition) is 8. The van der Waals surface area contributed by atoms with Crippen molar-refractivity contribution < 1.29 is 29.0 Å². The number of hydrogen-bond donors (Lipinski definition) is 3. The number of β-amino-alcohol motifs (C(OH)–C–C–N with tert-alkyl or cyclic N) is 1. The summed E-state index contributed by atoms with van der Waals surface area (Å²) in [5.74, 6) is 0.0256. The molecule has 0 radical (unpaired) electrons. The Balaban J connectivity index is 1.44. The van der Waals surface area contributed by atoms with Gasteiger partial charge in [-0.3, -0.25) is 9.59 Å². The average Bonchev–Trinajstić information content (AvgIpc) is 3.41. The minimum Gasteiger partial charge on any atom is -0.487 e.